The first-order valence-electron chi connectivity index (χ1n) is 17.3. The third-order valence-electron chi connectivity index (χ3n) is 7.79. The molecule has 1 nitrogen and oxygen atoms in total. The van der Waals surface area contributed by atoms with E-state index in [4.69, 9.17) is 4.74 Å². The molecule has 0 fully saturated rings. The summed E-state index contributed by atoms with van der Waals surface area (Å²) in [5.41, 5.74) is 2.82. The predicted molar refractivity (Wildman–Crippen MR) is 190 cm³/mol. The maximum absolute atomic E-state index is 11.2. The van der Waals surface area contributed by atoms with Crippen LogP contribution in [0.2, 0.25) is 0 Å². The molecule has 0 aliphatic rings. The van der Waals surface area contributed by atoms with E-state index in [1.807, 2.05) is 0 Å². The molecule has 0 N–H and O–H groups in total. The van der Waals surface area contributed by atoms with E-state index in [2.05, 4.69) is 91.9 Å². The molecule has 0 aliphatic carbocycles. The zero-order valence-electron chi connectivity index (χ0n) is 28.0. The maximum atomic E-state index is 9.93. The van der Waals surface area contributed by atoms with Crippen molar-refractivity contribution in [3.05, 3.63) is 96.1 Å². The van der Waals surface area contributed by atoms with Crippen molar-refractivity contribution < 1.29 is 21.6 Å². The van der Waals surface area contributed by atoms with Crippen LogP contribution in [0.3, 0.4) is 0 Å². The Labute approximate surface area is 285 Å². The zero-order valence-corrected chi connectivity index (χ0v) is 31.4. The summed E-state index contributed by atoms with van der Waals surface area (Å²) in [6.07, 6.45) is 22.4. The fourth-order valence-electron chi connectivity index (χ4n) is 5.34. The Morgan fingerprint density at radius 1 is 0.468 bits per heavy atom. The second kappa shape index (κ2) is 21.3. The Kier molecular flexibility index (Phi) is 18.8. The third kappa shape index (κ3) is 25.8. The van der Waals surface area contributed by atoms with Gasteiger partial charge in [0.25, 0.3) is 0 Å². The Balaban J connectivity index is 0.000000984. The molecule has 0 aliphatic heterocycles. The molecule has 0 aromatic heterocycles. The van der Waals surface area contributed by atoms with Crippen molar-refractivity contribution in [1.82, 2.24) is 0 Å². The number of ether oxygens (including phenoxy) is 1. The summed E-state index contributed by atoms with van der Waals surface area (Å²) < 4.78 is 65.6. The van der Waals surface area contributed by atoms with Crippen LogP contribution in [0, 0.1) is 0 Å². The molecule has 3 aromatic rings. The van der Waals surface area contributed by atoms with Crippen LogP contribution in [0.15, 0.2) is 89.8 Å². The van der Waals surface area contributed by atoms with Gasteiger partial charge < -0.3 is 4.74 Å². The van der Waals surface area contributed by atoms with E-state index >= 15 is 0 Å². The van der Waals surface area contributed by atoms with E-state index in [1.54, 1.807) is 0 Å². The molecule has 0 atom stereocenters. The van der Waals surface area contributed by atoms with Crippen molar-refractivity contribution in [2.24, 2.45) is 0 Å². The normalized spacial score (nSPS) is 13.0. The molecule has 47 heavy (non-hydrogen) atoms. The summed E-state index contributed by atoms with van der Waals surface area (Å²) in [5, 5.41) is 0. The number of halogens is 6. The Morgan fingerprint density at radius 3 is 1.17 bits per heavy atom. The average molecular weight is 796 g/mol. The standard InChI is InChI=1S/C38H55OS.6FH.Sb/c1-2-3-4-5-6-7-8-9-10-11-12-13-14-15-16-23-32-39-37-28-30-38(31-29-37)40(33-35-24-19-17-20-25-35)34-36-26-21-18-22-27-36;;;;;;;/h17-22,24-31H,2-16,23,32-34H2,1H3;6*1H;/q+1;;;;;;;+5/p-6. The van der Waals surface area contributed by atoms with Gasteiger partial charge in [-0.3, -0.25) is 0 Å². The summed E-state index contributed by atoms with van der Waals surface area (Å²) in [5.74, 6) is 3.16. The average Bonchev–Trinajstić information content (AvgIpc) is 3.02. The summed E-state index contributed by atoms with van der Waals surface area (Å²) in [6.45, 7) is 3.13. The van der Waals surface area contributed by atoms with Crippen molar-refractivity contribution in [3.8, 4) is 5.75 Å². The molecular formula is C38H55F6OSSb. The van der Waals surface area contributed by atoms with Crippen molar-refractivity contribution in [2.75, 3.05) is 6.61 Å². The zero-order chi connectivity index (χ0) is 34.3. The van der Waals surface area contributed by atoms with Gasteiger partial charge in [0.2, 0.25) is 0 Å². The first-order chi connectivity index (χ1) is 22.3. The van der Waals surface area contributed by atoms with Gasteiger partial charge in [-0.15, -0.1) is 0 Å². The van der Waals surface area contributed by atoms with E-state index in [-0.39, 0.29) is 10.9 Å². The van der Waals surface area contributed by atoms with Gasteiger partial charge in [-0.1, -0.05) is 164 Å². The molecule has 0 saturated carbocycles. The second-order valence-corrected chi connectivity index (χ2v) is 19.8. The first kappa shape index (κ1) is 41.4. The molecule has 0 saturated heterocycles. The molecule has 9 heteroatoms. The van der Waals surface area contributed by atoms with Gasteiger partial charge in [-0.2, -0.15) is 0 Å². The monoisotopic (exact) mass is 794 g/mol. The molecule has 0 bridgehead atoms. The molecule has 3 rings (SSSR count). The van der Waals surface area contributed by atoms with Gasteiger partial charge in [0.05, 0.1) is 6.61 Å². The van der Waals surface area contributed by atoms with Gasteiger partial charge in [-0.05, 0) is 30.7 Å². The third-order valence-corrected chi connectivity index (χ3v) is 10.1. The van der Waals surface area contributed by atoms with Crippen molar-refractivity contribution in [3.63, 3.8) is 0 Å². The van der Waals surface area contributed by atoms with Crippen molar-refractivity contribution in [1.29, 1.82) is 0 Å². The Bertz CT molecular complexity index is 1140. The predicted octanol–water partition coefficient (Wildman–Crippen LogP) is 13.8. The van der Waals surface area contributed by atoms with Gasteiger partial charge in [0, 0.05) is 22.0 Å². The topological polar surface area (TPSA) is 9.23 Å². The molecule has 3 aromatic carbocycles. The summed E-state index contributed by atoms with van der Waals surface area (Å²) in [6, 6.07) is 30.7. The van der Waals surface area contributed by atoms with Crippen molar-refractivity contribution in [2.45, 2.75) is 126 Å². The summed E-state index contributed by atoms with van der Waals surface area (Å²) in [7, 11) is 0.128. The van der Waals surface area contributed by atoms with Crippen LogP contribution in [0.4, 0.5) is 16.9 Å². The first-order valence-corrected chi connectivity index (χ1v) is 24.7. The van der Waals surface area contributed by atoms with Gasteiger partial charge in [0.15, 0.2) is 4.90 Å². The van der Waals surface area contributed by atoms with E-state index in [1.165, 1.54) is 112 Å². The van der Waals surface area contributed by atoms with Crippen molar-refractivity contribution >= 4 is 30.4 Å². The number of rotatable bonds is 23. The van der Waals surface area contributed by atoms with Crippen LogP contribution in [-0.4, -0.2) is 26.1 Å². The SMILES string of the molecule is CCCCCCCCCCCCCCCCCCOc1ccc([S+](Cc2ccccc2)Cc2ccccc2)cc1.[F][Sb-]([F])([F])([F])([F])[F]. The van der Waals surface area contributed by atoms with Crippen LogP contribution in [0.25, 0.3) is 0 Å². The molecule has 0 amide bonds. The minimum atomic E-state index is -11.2. The minimum absolute atomic E-state index is 0.128. The van der Waals surface area contributed by atoms with Gasteiger partial charge >= 0.3 is 36.4 Å². The number of unbranched alkanes of at least 4 members (excludes halogenated alkanes) is 15. The Hall–Kier alpha value is -1.79. The van der Waals surface area contributed by atoms with Crippen LogP contribution in [-0.2, 0) is 22.4 Å². The number of hydrogen-bond acceptors (Lipinski definition) is 1. The van der Waals surface area contributed by atoms with E-state index in [0.717, 1.165) is 30.3 Å². The van der Waals surface area contributed by atoms with Crippen LogP contribution >= 0.6 is 0 Å². The summed E-state index contributed by atoms with van der Waals surface area (Å²) >= 11 is -11.2. The quantitative estimate of drug-likeness (QED) is 0.0402. The molecule has 0 radical (unpaired) electrons. The molecule has 0 heterocycles. The molecule has 266 valence electrons. The van der Waals surface area contributed by atoms with E-state index in [9.17, 15) is 16.9 Å². The van der Waals surface area contributed by atoms with E-state index < -0.39 is 19.5 Å². The van der Waals surface area contributed by atoms with Crippen LogP contribution < -0.4 is 4.74 Å². The molecular weight excluding hydrogens is 740 g/mol. The van der Waals surface area contributed by atoms with Crippen LogP contribution in [0.5, 0.6) is 5.75 Å². The Morgan fingerprint density at radius 2 is 0.809 bits per heavy atom. The summed E-state index contributed by atoms with van der Waals surface area (Å²) in [4.78, 5) is 1.42. The molecule has 0 spiro atoms. The molecule has 0 unspecified atom stereocenters. The van der Waals surface area contributed by atoms with Crippen LogP contribution in [0.1, 0.15) is 121 Å². The van der Waals surface area contributed by atoms with Gasteiger partial charge in [0.1, 0.15) is 17.3 Å². The fourth-order valence-corrected chi connectivity index (χ4v) is 7.48. The van der Waals surface area contributed by atoms with E-state index in [0.29, 0.717) is 0 Å². The second-order valence-electron chi connectivity index (χ2n) is 12.3. The number of benzene rings is 3. The fraction of sp³-hybridized carbons (Fsp3) is 0.526. The van der Waals surface area contributed by atoms with Gasteiger partial charge in [-0.25, -0.2) is 0 Å². The number of hydrogen-bond donors (Lipinski definition) is 0.